The van der Waals surface area contributed by atoms with Crippen molar-refractivity contribution >= 4 is 17.4 Å². The van der Waals surface area contributed by atoms with Gasteiger partial charge in [-0.1, -0.05) is 6.92 Å². The van der Waals surface area contributed by atoms with Crippen LogP contribution in [-0.2, 0) is 22.4 Å². The number of ether oxygens (including phenoxy) is 2. The number of hydrogen-bond donors (Lipinski definition) is 2. The molecular formula is C15H23N3O3S. The molecule has 1 aromatic rings. The van der Waals surface area contributed by atoms with Crippen molar-refractivity contribution < 1.29 is 14.3 Å². The maximum Gasteiger partial charge on any atom is 0.315 e. The number of urea groups is 1. The van der Waals surface area contributed by atoms with Gasteiger partial charge in [0, 0.05) is 31.1 Å². The molecule has 2 saturated heterocycles. The Morgan fingerprint density at radius 3 is 3.18 bits per heavy atom. The van der Waals surface area contributed by atoms with Crippen LogP contribution in [0.4, 0.5) is 4.79 Å². The fourth-order valence-electron chi connectivity index (χ4n) is 3.01. The van der Waals surface area contributed by atoms with Gasteiger partial charge in [0.2, 0.25) is 0 Å². The maximum absolute atomic E-state index is 12.0. The first kappa shape index (κ1) is 15.7. The van der Waals surface area contributed by atoms with Gasteiger partial charge >= 0.3 is 6.03 Å². The molecule has 2 amide bonds. The van der Waals surface area contributed by atoms with Crippen LogP contribution in [0.5, 0.6) is 0 Å². The summed E-state index contributed by atoms with van der Waals surface area (Å²) in [4.78, 5) is 16.5. The topological polar surface area (TPSA) is 72.5 Å². The van der Waals surface area contributed by atoms with Crippen LogP contribution in [0.2, 0.25) is 0 Å². The molecule has 0 radical (unpaired) electrons. The molecule has 22 heavy (non-hydrogen) atoms. The molecule has 0 saturated carbocycles. The first-order valence-electron chi connectivity index (χ1n) is 7.88. The lowest BCUT2D eigenvalue weighted by atomic mass is 9.90. The quantitative estimate of drug-likeness (QED) is 0.886. The first-order chi connectivity index (χ1) is 10.7. The van der Waals surface area contributed by atoms with Crippen LogP contribution in [0.3, 0.4) is 0 Å². The fourth-order valence-corrected chi connectivity index (χ4v) is 3.76. The molecule has 2 N–H and O–H groups in total. The van der Waals surface area contributed by atoms with Crippen LogP contribution in [0.15, 0.2) is 5.38 Å². The SMILES string of the molecule is CCc1nc(CNC(=O)N[C@H]2CCO[C@@]3(CCOC3)C2)cs1. The maximum atomic E-state index is 12.0. The minimum absolute atomic E-state index is 0.132. The lowest BCUT2D eigenvalue weighted by molar-refractivity contribution is -0.0878. The summed E-state index contributed by atoms with van der Waals surface area (Å²) < 4.78 is 11.3. The predicted octanol–water partition coefficient (Wildman–Crippen LogP) is 1.84. The Balaban J connectivity index is 1.45. The van der Waals surface area contributed by atoms with Crippen LogP contribution in [-0.4, -0.2) is 42.5 Å². The normalized spacial score (nSPS) is 28.0. The van der Waals surface area contributed by atoms with Crippen LogP contribution in [0.25, 0.3) is 0 Å². The van der Waals surface area contributed by atoms with Crippen LogP contribution >= 0.6 is 11.3 Å². The molecule has 0 bridgehead atoms. The van der Waals surface area contributed by atoms with Crippen molar-refractivity contribution in [3.05, 3.63) is 16.1 Å². The highest BCUT2D eigenvalue weighted by Gasteiger charge is 2.41. The second-order valence-corrected chi connectivity index (χ2v) is 6.88. The summed E-state index contributed by atoms with van der Waals surface area (Å²) in [5.74, 6) is 0. The molecule has 1 spiro atoms. The molecule has 2 aliphatic heterocycles. The highest BCUT2D eigenvalue weighted by molar-refractivity contribution is 7.09. The Morgan fingerprint density at radius 2 is 2.45 bits per heavy atom. The number of hydrogen-bond acceptors (Lipinski definition) is 5. The van der Waals surface area contributed by atoms with Crippen molar-refractivity contribution in [1.82, 2.24) is 15.6 Å². The van der Waals surface area contributed by atoms with E-state index in [1.807, 2.05) is 5.38 Å². The zero-order valence-electron chi connectivity index (χ0n) is 12.9. The Hall–Kier alpha value is -1.18. The van der Waals surface area contributed by atoms with E-state index in [4.69, 9.17) is 9.47 Å². The third kappa shape index (κ3) is 3.77. The second-order valence-electron chi connectivity index (χ2n) is 5.94. The average Bonchev–Trinajstić information content (AvgIpc) is 3.15. The van der Waals surface area contributed by atoms with Crippen molar-refractivity contribution in [2.75, 3.05) is 19.8 Å². The van der Waals surface area contributed by atoms with Gasteiger partial charge in [-0.2, -0.15) is 0 Å². The van der Waals surface area contributed by atoms with Gasteiger partial charge in [-0.05, 0) is 19.3 Å². The van der Waals surface area contributed by atoms with Crippen molar-refractivity contribution in [2.24, 2.45) is 0 Å². The Morgan fingerprint density at radius 1 is 1.55 bits per heavy atom. The third-order valence-electron chi connectivity index (χ3n) is 4.23. The highest BCUT2D eigenvalue weighted by atomic mass is 32.1. The van der Waals surface area contributed by atoms with E-state index in [1.165, 1.54) is 0 Å². The summed E-state index contributed by atoms with van der Waals surface area (Å²) in [6, 6.07) is 0.0177. The summed E-state index contributed by atoms with van der Waals surface area (Å²) >= 11 is 1.64. The average molecular weight is 325 g/mol. The molecule has 3 rings (SSSR count). The zero-order valence-corrected chi connectivity index (χ0v) is 13.7. The molecule has 3 heterocycles. The molecule has 1 aromatic heterocycles. The van der Waals surface area contributed by atoms with E-state index in [0.29, 0.717) is 19.8 Å². The highest BCUT2D eigenvalue weighted by Crippen LogP contribution is 2.32. The van der Waals surface area contributed by atoms with Crippen molar-refractivity contribution in [1.29, 1.82) is 0 Å². The number of aryl methyl sites for hydroxylation is 1. The molecule has 0 aromatic carbocycles. The minimum Gasteiger partial charge on any atom is -0.378 e. The largest absolute Gasteiger partial charge is 0.378 e. The van der Waals surface area contributed by atoms with Crippen molar-refractivity contribution in [2.45, 2.75) is 50.8 Å². The van der Waals surface area contributed by atoms with E-state index in [-0.39, 0.29) is 17.7 Å². The van der Waals surface area contributed by atoms with Gasteiger partial charge in [-0.3, -0.25) is 0 Å². The summed E-state index contributed by atoms with van der Waals surface area (Å²) in [7, 11) is 0. The fraction of sp³-hybridized carbons (Fsp3) is 0.733. The predicted molar refractivity (Wildman–Crippen MR) is 84.0 cm³/mol. The summed E-state index contributed by atoms with van der Waals surface area (Å²) in [5, 5.41) is 9.04. The number of thiazole rings is 1. The number of carbonyl (C=O) groups is 1. The monoisotopic (exact) mass is 325 g/mol. The molecular weight excluding hydrogens is 302 g/mol. The van der Waals surface area contributed by atoms with E-state index in [1.54, 1.807) is 11.3 Å². The van der Waals surface area contributed by atoms with Gasteiger partial charge in [0.1, 0.15) is 0 Å². The van der Waals surface area contributed by atoms with Gasteiger partial charge in [-0.15, -0.1) is 11.3 Å². The Kier molecular flexibility index (Phi) is 4.95. The van der Waals surface area contributed by atoms with Crippen LogP contribution < -0.4 is 10.6 Å². The summed E-state index contributed by atoms with van der Waals surface area (Å²) in [6.45, 7) is 4.63. The van der Waals surface area contributed by atoms with Gasteiger partial charge in [-0.25, -0.2) is 9.78 Å². The molecule has 2 atom stereocenters. The Labute approximate surface area is 134 Å². The van der Waals surface area contributed by atoms with Gasteiger partial charge < -0.3 is 20.1 Å². The summed E-state index contributed by atoms with van der Waals surface area (Å²) in [6.07, 6.45) is 3.54. The van der Waals surface area contributed by atoms with Gasteiger partial charge in [0.25, 0.3) is 0 Å². The number of nitrogens with one attached hydrogen (secondary N) is 2. The van der Waals surface area contributed by atoms with Gasteiger partial charge in [0.15, 0.2) is 0 Å². The van der Waals surface area contributed by atoms with E-state index in [2.05, 4.69) is 22.5 Å². The molecule has 0 aliphatic carbocycles. The lowest BCUT2D eigenvalue weighted by Crippen LogP contribution is -2.51. The molecule has 6 nitrogen and oxygen atoms in total. The lowest BCUT2D eigenvalue weighted by Gasteiger charge is -2.37. The van der Waals surface area contributed by atoms with E-state index in [0.717, 1.165) is 43.0 Å². The van der Waals surface area contributed by atoms with Crippen LogP contribution in [0.1, 0.15) is 36.9 Å². The smallest absolute Gasteiger partial charge is 0.315 e. The Bertz CT molecular complexity index is 514. The van der Waals surface area contributed by atoms with Gasteiger partial charge in [0.05, 0.1) is 29.5 Å². The third-order valence-corrected chi connectivity index (χ3v) is 5.27. The zero-order chi connectivity index (χ0) is 15.4. The number of rotatable bonds is 4. The molecule has 0 unspecified atom stereocenters. The molecule has 2 aliphatic rings. The second kappa shape index (κ2) is 6.93. The number of amides is 2. The molecule has 122 valence electrons. The number of carbonyl (C=O) groups excluding carboxylic acids is 1. The molecule has 7 heteroatoms. The van der Waals surface area contributed by atoms with Crippen molar-refractivity contribution in [3.63, 3.8) is 0 Å². The number of aromatic nitrogens is 1. The van der Waals surface area contributed by atoms with E-state index in [9.17, 15) is 4.79 Å². The van der Waals surface area contributed by atoms with E-state index < -0.39 is 0 Å². The van der Waals surface area contributed by atoms with E-state index >= 15 is 0 Å². The number of nitrogens with zero attached hydrogens (tertiary/aromatic N) is 1. The summed E-state index contributed by atoms with van der Waals surface area (Å²) in [5.41, 5.74) is 0.742. The minimum atomic E-state index is -0.179. The first-order valence-corrected chi connectivity index (χ1v) is 8.76. The standard InChI is InChI=1S/C15H23N3O3S/c1-2-13-17-12(9-22-13)8-16-14(19)18-11-3-5-21-15(7-11)4-6-20-10-15/h9,11H,2-8,10H2,1H3,(H2,16,18,19)/t11-,15-/m0/s1. The molecule has 2 fully saturated rings. The van der Waals surface area contributed by atoms with Crippen LogP contribution in [0, 0.1) is 0 Å². The van der Waals surface area contributed by atoms with Crippen molar-refractivity contribution in [3.8, 4) is 0 Å².